The Morgan fingerprint density at radius 3 is 3.14 bits per heavy atom. The maximum Gasteiger partial charge on any atom is 0.228 e. The Labute approximate surface area is 124 Å². The van der Waals surface area contributed by atoms with Crippen LogP contribution in [0.25, 0.3) is 10.9 Å². The van der Waals surface area contributed by atoms with Gasteiger partial charge in [-0.25, -0.2) is 0 Å². The highest BCUT2D eigenvalue weighted by Crippen LogP contribution is 2.30. The number of para-hydroxylation sites is 1. The third kappa shape index (κ3) is 2.23. The number of hydrogen-bond donors (Lipinski definition) is 1. The fraction of sp³-hybridized carbons (Fsp3) is 0.471. The van der Waals surface area contributed by atoms with Crippen LogP contribution in [0.2, 0.25) is 0 Å². The first-order valence-electron chi connectivity index (χ1n) is 7.78. The number of carbonyl (C=O) groups excluding carboxylic acids is 1. The topological polar surface area (TPSA) is 45.3 Å². The molecule has 2 saturated heterocycles. The summed E-state index contributed by atoms with van der Waals surface area (Å²) in [4.78, 5) is 17.8. The largest absolute Gasteiger partial charge is 0.377 e. The summed E-state index contributed by atoms with van der Waals surface area (Å²) in [6.45, 7) is 2.39. The van der Waals surface area contributed by atoms with Crippen molar-refractivity contribution in [3.63, 3.8) is 0 Å². The minimum atomic E-state index is 0.113. The van der Waals surface area contributed by atoms with Gasteiger partial charge in [-0.3, -0.25) is 4.79 Å². The monoisotopic (exact) mass is 284 g/mol. The van der Waals surface area contributed by atoms with Crippen LogP contribution < -0.4 is 0 Å². The summed E-state index contributed by atoms with van der Waals surface area (Å²) in [5, 5.41) is 1.27. The molecule has 2 aromatic rings. The van der Waals surface area contributed by atoms with Crippen molar-refractivity contribution < 1.29 is 9.53 Å². The average Bonchev–Trinajstić information content (AvgIpc) is 3.13. The van der Waals surface area contributed by atoms with E-state index in [-0.39, 0.29) is 12.0 Å². The number of fused-ring (bicyclic) bond motifs is 2. The molecule has 2 atom stereocenters. The van der Waals surface area contributed by atoms with Crippen LogP contribution >= 0.6 is 0 Å². The molecule has 0 aliphatic carbocycles. The standard InChI is InChI=1S/C17H20N2O2/c20-17-14-7-10-21-16(14)6-9-19(17)8-5-12-11-18-15-4-2-1-3-13(12)15/h1-4,11,14,16,18H,5-10H2/t14-,16-/m1/s1. The number of benzene rings is 1. The minimum absolute atomic E-state index is 0.113. The number of amides is 1. The van der Waals surface area contributed by atoms with Crippen molar-refractivity contribution in [2.45, 2.75) is 25.4 Å². The summed E-state index contributed by atoms with van der Waals surface area (Å²) in [6.07, 6.45) is 5.05. The summed E-state index contributed by atoms with van der Waals surface area (Å²) < 4.78 is 5.63. The van der Waals surface area contributed by atoms with Crippen LogP contribution in [-0.2, 0) is 16.0 Å². The minimum Gasteiger partial charge on any atom is -0.377 e. The first-order valence-corrected chi connectivity index (χ1v) is 7.78. The van der Waals surface area contributed by atoms with Gasteiger partial charge in [0, 0.05) is 36.8 Å². The highest BCUT2D eigenvalue weighted by molar-refractivity contribution is 5.83. The molecule has 0 bridgehead atoms. The lowest BCUT2D eigenvalue weighted by atomic mass is 9.93. The molecule has 1 aromatic carbocycles. The normalized spacial score (nSPS) is 25.5. The molecule has 21 heavy (non-hydrogen) atoms. The number of hydrogen-bond acceptors (Lipinski definition) is 2. The van der Waals surface area contributed by atoms with E-state index in [2.05, 4.69) is 29.4 Å². The molecule has 4 heteroatoms. The maximum absolute atomic E-state index is 12.5. The van der Waals surface area contributed by atoms with Gasteiger partial charge in [0.15, 0.2) is 0 Å². The molecule has 110 valence electrons. The summed E-state index contributed by atoms with van der Waals surface area (Å²) in [5.74, 6) is 0.408. The van der Waals surface area contributed by atoms with Crippen molar-refractivity contribution in [3.8, 4) is 0 Å². The summed E-state index contributed by atoms with van der Waals surface area (Å²) in [7, 11) is 0. The SMILES string of the molecule is O=C1[C@@H]2CCO[C@@H]2CCN1CCc1c[nH]c2ccccc12. The number of nitrogens with one attached hydrogen (secondary N) is 1. The number of aromatic amines is 1. The molecule has 4 rings (SSSR count). The van der Waals surface area contributed by atoms with E-state index in [0.29, 0.717) is 5.91 Å². The summed E-state index contributed by atoms with van der Waals surface area (Å²) >= 11 is 0. The third-order valence-electron chi connectivity index (χ3n) is 4.85. The van der Waals surface area contributed by atoms with E-state index in [9.17, 15) is 4.79 Å². The van der Waals surface area contributed by atoms with Gasteiger partial charge in [0.2, 0.25) is 5.91 Å². The Bertz CT molecular complexity index is 664. The molecule has 1 amide bonds. The van der Waals surface area contributed by atoms with Crippen molar-refractivity contribution in [1.29, 1.82) is 0 Å². The molecular weight excluding hydrogens is 264 g/mol. The van der Waals surface area contributed by atoms with Gasteiger partial charge in [0.25, 0.3) is 0 Å². The molecule has 2 fully saturated rings. The zero-order valence-electron chi connectivity index (χ0n) is 12.0. The molecule has 0 radical (unpaired) electrons. The number of piperidine rings is 1. The lowest BCUT2D eigenvalue weighted by Crippen LogP contribution is -2.46. The molecule has 0 unspecified atom stereocenters. The van der Waals surface area contributed by atoms with Gasteiger partial charge in [-0.1, -0.05) is 18.2 Å². The second kappa shape index (κ2) is 5.19. The lowest BCUT2D eigenvalue weighted by molar-refractivity contribution is -0.141. The van der Waals surface area contributed by atoms with Gasteiger partial charge >= 0.3 is 0 Å². The summed E-state index contributed by atoms with van der Waals surface area (Å²) in [6, 6.07) is 8.33. The predicted molar refractivity (Wildman–Crippen MR) is 81.0 cm³/mol. The van der Waals surface area contributed by atoms with E-state index in [4.69, 9.17) is 4.74 Å². The average molecular weight is 284 g/mol. The van der Waals surface area contributed by atoms with E-state index >= 15 is 0 Å². The quantitative estimate of drug-likeness (QED) is 0.940. The molecule has 0 spiro atoms. The maximum atomic E-state index is 12.5. The Morgan fingerprint density at radius 1 is 1.29 bits per heavy atom. The van der Waals surface area contributed by atoms with Gasteiger partial charge in [0.1, 0.15) is 0 Å². The molecule has 0 saturated carbocycles. The van der Waals surface area contributed by atoms with Crippen LogP contribution in [0.4, 0.5) is 0 Å². The van der Waals surface area contributed by atoms with Crippen LogP contribution in [0.5, 0.6) is 0 Å². The fourth-order valence-corrected chi connectivity index (χ4v) is 3.66. The van der Waals surface area contributed by atoms with Crippen LogP contribution in [-0.4, -0.2) is 41.6 Å². The van der Waals surface area contributed by atoms with Gasteiger partial charge in [-0.15, -0.1) is 0 Å². The number of likely N-dealkylation sites (tertiary alicyclic amines) is 1. The molecular formula is C17H20N2O2. The molecule has 4 nitrogen and oxygen atoms in total. The predicted octanol–water partition coefficient (Wildman–Crippen LogP) is 2.35. The molecule has 2 aliphatic heterocycles. The van der Waals surface area contributed by atoms with E-state index in [1.54, 1.807) is 0 Å². The second-order valence-electron chi connectivity index (χ2n) is 6.03. The van der Waals surface area contributed by atoms with E-state index in [1.165, 1.54) is 16.5 Å². The Kier molecular flexibility index (Phi) is 3.19. The molecule has 1 N–H and O–H groups in total. The number of nitrogens with zero attached hydrogens (tertiary/aromatic N) is 1. The van der Waals surface area contributed by atoms with Crippen LogP contribution in [0, 0.1) is 5.92 Å². The highest BCUT2D eigenvalue weighted by atomic mass is 16.5. The zero-order chi connectivity index (χ0) is 14.2. The highest BCUT2D eigenvalue weighted by Gasteiger charge is 2.40. The second-order valence-corrected chi connectivity index (χ2v) is 6.03. The van der Waals surface area contributed by atoms with Crippen LogP contribution in [0.3, 0.4) is 0 Å². The van der Waals surface area contributed by atoms with E-state index in [1.807, 2.05) is 11.0 Å². The van der Waals surface area contributed by atoms with Crippen molar-refractivity contribution in [1.82, 2.24) is 9.88 Å². The van der Waals surface area contributed by atoms with Crippen LogP contribution in [0.15, 0.2) is 30.5 Å². The number of carbonyl (C=O) groups is 1. The number of aromatic nitrogens is 1. The Morgan fingerprint density at radius 2 is 2.19 bits per heavy atom. The Balaban J connectivity index is 1.46. The number of ether oxygens (including phenoxy) is 1. The third-order valence-corrected chi connectivity index (χ3v) is 4.85. The number of H-pyrrole nitrogens is 1. The van der Waals surface area contributed by atoms with Crippen molar-refractivity contribution >= 4 is 16.8 Å². The zero-order valence-corrected chi connectivity index (χ0v) is 12.0. The van der Waals surface area contributed by atoms with Gasteiger partial charge < -0.3 is 14.6 Å². The van der Waals surface area contributed by atoms with Gasteiger partial charge in [-0.2, -0.15) is 0 Å². The van der Waals surface area contributed by atoms with E-state index in [0.717, 1.165) is 39.0 Å². The first-order chi connectivity index (χ1) is 10.3. The Hall–Kier alpha value is -1.81. The molecule has 3 heterocycles. The summed E-state index contributed by atoms with van der Waals surface area (Å²) in [5.41, 5.74) is 2.46. The number of rotatable bonds is 3. The first kappa shape index (κ1) is 12.9. The lowest BCUT2D eigenvalue weighted by Gasteiger charge is -2.33. The van der Waals surface area contributed by atoms with E-state index < -0.39 is 0 Å². The molecule has 1 aromatic heterocycles. The van der Waals surface area contributed by atoms with Crippen LogP contribution in [0.1, 0.15) is 18.4 Å². The van der Waals surface area contributed by atoms with Crippen molar-refractivity contribution in [3.05, 3.63) is 36.0 Å². The van der Waals surface area contributed by atoms with Crippen molar-refractivity contribution in [2.24, 2.45) is 5.92 Å². The molecule has 2 aliphatic rings. The van der Waals surface area contributed by atoms with Gasteiger partial charge in [-0.05, 0) is 30.9 Å². The van der Waals surface area contributed by atoms with Gasteiger partial charge in [0.05, 0.1) is 12.0 Å². The smallest absolute Gasteiger partial charge is 0.228 e. The van der Waals surface area contributed by atoms with Crippen molar-refractivity contribution in [2.75, 3.05) is 19.7 Å². The fourth-order valence-electron chi connectivity index (χ4n) is 3.66.